The molecule has 19 heavy (non-hydrogen) atoms. The third kappa shape index (κ3) is 6.14. The Morgan fingerprint density at radius 2 is 2.05 bits per heavy atom. The number of para-hydroxylation sites is 1. The summed E-state index contributed by atoms with van der Waals surface area (Å²) in [6.07, 6.45) is 0.0816. The molecule has 0 fully saturated rings. The van der Waals surface area contributed by atoms with Gasteiger partial charge in [-0.05, 0) is 25.6 Å². The molecule has 108 valence electrons. The van der Waals surface area contributed by atoms with Gasteiger partial charge in [-0.15, -0.1) is 12.4 Å². The van der Waals surface area contributed by atoms with E-state index in [4.69, 9.17) is 16.3 Å². The highest BCUT2D eigenvalue weighted by Crippen LogP contribution is 2.24. The van der Waals surface area contributed by atoms with Crippen LogP contribution in [-0.4, -0.2) is 32.1 Å². The summed E-state index contributed by atoms with van der Waals surface area (Å²) in [6.45, 7) is 3.21. The first-order valence-corrected chi connectivity index (χ1v) is 6.40. The van der Waals surface area contributed by atoms with E-state index >= 15 is 0 Å². The van der Waals surface area contributed by atoms with E-state index in [2.05, 4.69) is 10.6 Å². The van der Waals surface area contributed by atoms with Crippen LogP contribution in [0.15, 0.2) is 24.3 Å². The van der Waals surface area contributed by atoms with Crippen LogP contribution < -0.4 is 15.4 Å². The molecule has 6 heteroatoms. The van der Waals surface area contributed by atoms with Gasteiger partial charge < -0.3 is 15.4 Å². The van der Waals surface area contributed by atoms with Gasteiger partial charge in [0.2, 0.25) is 0 Å². The van der Waals surface area contributed by atoms with Gasteiger partial charge in [0, 0.05) is 13.1 Å². The van der Waals surface area contributed by atoms with Crippen molar-refractivity contribution < 1.29 is 9.53 Å². The van der Waals surface area contributed by atoms with E-state index in [1.165, 1.54) is 0 Å². The number of hydrogen-bond donors (Lipinski definition) is 2. The van der Waals surface area contributed by atoms with Crippen molar-refractivity contribution >= 4 is 29.9 Å². The molecule has 4 nitrogen and oxygen atoms in total. The van der Waals surface area contributed by atoms with E-state index in [0.717, 1.165) is 6.54 Å². The summed E-state index contributed by atoms with van der Waals surface area (Å²) in [5.74, 6) is 0.419. The monoisotopic (exact) mass is 306 g/mol. The number of amides is 1. The molecule has 0 aliphatic carbocycles. The van der Waals surface area contributed by atoms with E-state index in [1.807, 2.05) is 26.1 Å². The van der Waals surface area contributed by atoms with Gasteiger partial charge in [0.1, 0.15) is 5.75 Å². The van der Waals surface area contributed by atoms with Gasteiger partial charge in [0.05, 0.1) is 5.02 Å². The second-order valence-electron chi connectivity index (χ2n) is 3.84. The SMILES string of the molecule is CCC(Oc1ccccc1Cl)C(=O)NCCNC.Cl. The first-order chi connectivity index (χ1) is 8.69. The third-order valence-corrected chi connectivity index (χ3v) is 2.76. The molecule has 1 rings (SSSR count). The zero-order valence-corrected chi connectivity index (χ0v) is 12.7. The van der Waals surface area contributed by atoms with Gasteiger partial charge in [-0.25, -0.2) is 0 Å². The predicted octanol–water partition coefficient (Wildman–Crippen LogP) is 2.25. The maximum atomic E-state index is 11.9. The van der Waals surface area contributed by atoms with Crippen LogP contribution in [0.3, 0.4) is 0 Å². The van der Waals surface area contributed by atoms with Gasteiger partial charge in [0.15, 0.2) is 6.10 Å². The fourth-order valence-corrected chi connectivity index (χ4v) is 1.62. The zero-order chi connectivity index (χ0) is 13.4. The minimum atomic E-state index is -0.512. The fourth-order valence-electron chi connectivity index (χ4n) is 1.44. The Morgan fingerprint density at radius 3 is 2.63 bits per heavy atom. The fraction of sp³-hybridized carbons (Fsp3) is 0.462. The van der Waals surface area contributed by atoms with E-state index in [-0.39, 0.29) is 18.3 Å². The maximum absolute atomic E-state index is 11.9. The lowest BCUT2D eigenvalue weighted by Gasteiger charge is -2.17. The number of nitrogens with one attached hydrogen (secondary N) is 2. The molecule has 0 radical (unpaired) electrons. The van der Waals surface area contributed by atoms with Gasteiger partial charge in [-0.1, -0.05) is 30.7 Å². The molecule has 0 saturated carbocycles. The normalized spacial score (nSPS) is 11.3. The third-order valence-electron chi connectivity index (χ3n) is 2.44. The molecule has 1 aromatic rings. The van der Waals surface area contributed by atoms with Crippen LogP contribution in [0.5, 0.6) is 5.75 Å². The van der Waals surface area contributed by atoms with E-state index < -0.39 is 6.10 Å². The van der Waals surface area contributed by atoms with Crippen LogP contribution in [0.4, 0.5) is 0 Å². The summed E-state index contributed by atoms with van der Waals surface area (Å²) < 4.78 is 5.62. The van der Waals surface area contributed by atoms with E-state index in [1.54, 1.807) is 12.1 Å². The average Bonchev–Trinajstić information content (AvgIpc) is 2.38. The molecule has 0 heterocycles. The summed E-state index contributed by atoms with van der Waals surface area (Å²) in [7, 11) is 1.84. The molecule has 2 N–H and O–H groups in total. The second-order valence-corrected chi connectivity index (χ2v) is 4.25. The first kappa shape index (κ1) is 18.0. The van der Waals surface area contributed by atoms with Crippen LogP contribution in [0.25, 0.3) is 0 Å². The predicted molar refractivity (Wildman–Crippen MR) is 80.3 cm³/mol. The van der Waals surface area contributed by atoms with Crippen molar-refractivity contribution in [2.24, 2.45) is 0 Å². The quantitative estimate of drug-likeness (QED) is 0.760. The topological polar surface area (TPSA) is 50.4 Å². The molecule has 0 aliphatic rings. The molecule has 0 aromatic heterocycles. The van der Waals surface area contributed by atoms with Crippen LogP contribution in [0.1, 0.15) is 13.3 Å². The number of ether oxygens (including phenoxy) is 1. The Labute approximate surface area is 125 Å². The largest absolute Gasteiger partial charge is 0.479 e. The van der Waals surface area contributed by atoms with Crippen molar-refractivity contribution in [3.63, 3.8) is 0 Å². The number of carbonyl (C=O) groups excluding carboxylic acids is 1. The Morgan fingerprint density at radius 1 is 1.37 bits per heavy atom. The number of halogens is 2. The lowest BCUT2D eigenvalue weighted by atomic mass is 10.2. The lowest BCUT2D eigenvalue weighted by molar-refractivity contribution is -0.128. The number of rotatable bonds is 7. The molecule has 0 saturated heterocycles. The van der Waals surface area contributed by atoms with Crippen molar-refractivity contribution in [1.82, 2.24) is 10.6 Å². The Balaban J connectivity index is 0.00000324. The highest BCUT2D eigenvalue weighted by Gasteiger charge is 2.18. The van der Waals surface area contributed by atoms with Crippen molar-refractivity contribution in [3.8, 4) is 5.75 Å². The molecule has 0 bridgehead atoms. The standard InChI is InChI=1S/C13H19ClN2O2.ClH/c1-3-11(13(17)16-9-8-15-2)18-12-7-5-4-6-10(12)14;/h4-7,11,15H,3,8-9H2,1-2H3,(H,16,17);1H. The maximum Gasteiger partial charge on any atom is 0.261 e. The van der Waals surface area contributed by atoms with Gasteiger partial charge in [-0.2, -0.15) is 0 Å². The summed E-state index contributed by atoms with van der Waals surface area (Å²) in [5, 5.41) is 6.28. The molecular weight excluding hydrogens is 287 g/mol. The van der Waals surface area contributed by atoms with Crippen LogP contribution in [0.2, 0.25) is 5.02 Å². The summed E-state index contributed by atoms with van der Waals surface area (Å²) in [6, 6.07) is 7.14. The van der Waals surface area contributed by atoms with Crippen LogP contribution in [0, 0.1) is 0 Å². The summed E-state index contributed by atoms with van der Waals surface area (Å²) >= 11 is 5.99. The zero-order valence-electron chi connectivity index (χ0n) is 11.1. The second kappa shape index (κ2) is 9.89. The van der Waals surface area contributed by atoms with Crippen molar-refractivity contribution in [1.29, 1.82) is 0 Å². The number of hydrogen-bond acceptors (Lipinski definition) is 3. The first-order valence-electron chi connectivity index (χ1n) is 6.02. The molecule has 0 aliphatic heterocycles. The minimum Gasteiger partial charge on any atom is -0.479 e. The van der Waals surface area contributed by atoms with Crippen LogP contribution in [-0.2, 0) is 4.79 Å². The molecule has 1 amide bonds. The van der Waals surface area contributed by atoms with Crippen molar-refractivity contribution in [2.75, 3.05) is 20.1 Å². The molecule has 1 aromatic carbocycles. The van der Waals surface area contributed by atoms with Crippen LogP contribution >= 0.6 is 24.0 Å². The summed E-state index contributed by atoms with van der Waals surface area (Å²) in [4.78, 5) is 11.9. The Bertz CT molecular complexity index is 389. The Kier molecular flexibility index (Phi) is 9.39. The molecular formula is C13H20Cl2N2O2. The molecule has 1 unspecified atom stereocenters. The number of likely N-dealkylation sites (N-methyl/N-ethyl adjacent to an activating group) is 1. The molecule has 1 atom stereocenters. The lowest BCUT2D eigenvalue weighted by Crippen LogP contribution is -2.40. The number of benzene rings is 1. The van der Waals surface area contributed by atoms with Gasteiger partial charge in [0.25, 0.3) is 5.91 Å². The van der Waals surface area contributed by atoms with Gasteiger partial charge in [-0.3, -0.25) is 4.79 Å². The minimum absolute atomic E-state index is 0. The van der Waals surface area contributed by atoms with E-state index in [0.29, 0.717) is 23.7 Å². The molecule has 0 spiro atoms. The van der Waals surface area contributed by atoms with Crippen molar-refractivity contribution in [3.05, 3.63) is 29.3 Å². The van der Waals surface area contributed by atoms with Gasteiger partial charge >= 0.3 is 0 Å². The highest BCUT2D eigenvalue weighted by molar-refractivity contribution is 6.32. The number of carbonyl (C=O) groups is 1. The average molecular weight is 307 g/mol. The summed E-state index contributed by atoms with van der Waals surface area (Å²) in [5.41, 5.74) is 0. The van der Waals surface area contributed by atoms with Crippen molar-refractivity contribution in [2.45, 2.75) is 19.4 Å². The highest BCUT2D eigenvalue weighted by atomic mass is 35.5. The Hall–Kier alpha value is -0.970. The van der Waals surface area contributed by atoms with E-state index in [9.17, 15) is 4.79 Å². The smallest absolute Gasteiger partial charge is 0.261 e.